The van der Waals surface area contributed by atoms with Gasteiger partial charge in [0.25, 0.3) is 0 Å². The van der Waals surface area contributed by atoms with Crippen molar-refractivity contribution in [3.63, 3.8) is 0 Å². The summed E-state index contributed by atoms with van der Waals surface area (Å²) in [6.07, 6.45) is 0. The number of morpholine rings is 1. The lowest BCUT2D eigenvalue weighted by molar-refractivity contribution is -0.120. The number of nitrogens with zero attached hydrogens (tertiary/aromatic N) is 2. The Morgan fingerprint density at radius 2 is 1.94 bits per heavy atom. The Morgan fingerprint density at radius 1 is 1.18 bits per heavy atom. The Balaban J connectivity index is 1.57. The molecule has 2 heterocycles. The first-order valence-electron chi connectivity index (χ1n) is 10.6. The monoisotopic (exact) mass is 491 g/mol. The van der Waals surface area contributed by atoms with Crippen LogP contribution in [-0.4, -0.2) is 69.7 Å². The Hall–Kier alpha value is -2.60. The minimum absolute atomic E-state index is 0.0885. The van der Waals surface area contributed by atoms with E-state index in [0.717, 1.165) is 4.90 Å². The summed E-state index contributed by atoms with van der Waals surface area (Å²) in [7, 11) is -3.74. The lowest BCUT2D eigenvalue weighted by Gasteiger charge is -2.30. The second-order valence-electron chi connectivity index (χ2n) is 7.39. The molecule has 2 aliphatic heterocycles. The van der Waals surface area contributed by atoms with Gasteiger partial charge in [-0.05, 0) is 37.3 Å². The molecule has 33 heavy (non-hydrogen) atoms. The number of carbonyl (C=O) groups excluding carboxylic acids is 2. The molecule has 0 atom stereocenters. The van der Waals surface area contributed by atoms with Gasteiger partial charge in [-0.1, -0.05) is 12.1 Å². The SMILES string of the molecule is CCOc1ccccc1NC(=O)CN1C(=O)CSc2ccc(S(=O)(=O)N3CCOCC3)cc21. The van der Waals surface area contributed by atoms with E-state index in [9.17, 15) is 18.0 Å². The number of nitrogens with one attached hydrogen (secondary N) is 1. The molecule has 0 aromatic heterocycles. The van der Waals surface area contributed by atoms with Crippen molar-refractivity contribution in [1.82, 2.24) is 4.31 Å². The number of fused-ring (bicyclic) bond motifs is 1. The smallest absolute Gasteiger partial charge is 0.244 e. The first kappa shape index (κ1) is 23.6. The number of thioether (sulfide) groups is 1. The molecule has 0 aliphatic carbocycles. The number of hydrogen-bond acceptors (Lipinski definition) is 7. The molecule has 0 spiro atoms. The number of para-hydroxylation sites is 2. The van der Waals surface area contributed by atoms with E-state index in [1.807, 2.05) is 6.92 Å². The number of anilines is 2. The van der Waals surface area contributed by atoms with E-state index in [4.69, 9.17) is 9.47 Å². The van der Waals surface area contributed by atoms with Gasteiger partial charge in [-0.2, -0.15) is 4.31 Å². The molecule has 176 valence electrons. The number of benzene rings is 2. The number of carbonyl (C=O) groups is 2. The van der Waals surface area contributed by atoms with Gasteiger partial charge in [-0.25, -0.2) is 8.42 Å². The predicted octanol–water partition coefficient (Wildman–Crippen LogP) is 2.18. The van der Waals surface area contributed by atoms with Crippen LogP contribution in [0.1, 0.15) is 6.92 Å². The lowest BCUT2D eigenvalue weighted by atomic mass is 10.2. The summed E-state index contributed by atoms with van der Waals surface area (Å²) in [6.45, 7) is 3.29. The van der Waals surface area contributed by atoms with Crippen molar-refractivity contribution in [2.75, 3.05) is 55.4 Å². The van der Waals surface area contributed by atoms with Gasteiger partial charge >= 0.3 is 0 Å². The Labute approximate surface area is 197 Å². The van der Waals surface area contributed by atoms with Gasteiger partial charge in [0.2, 0.25) is 21.8 Å². The summed E-state index contributed by atoms with van der Waals surface area (Å²) >= 11 is 1.32. The van der Waals surface area contributed by atoms with Crippen LogP contribution in [0.5, 0.6) is 5.75 Å². The van der Waals surface area contributed by atoms with E-state index in [1.54, 1.807) is 36.4 Å². The first-order chi connectivity index (χ1) is 15.9. The summed E-state index contributed by atoms with van der Waals surface area (Å²) in [4.78, 5) is 27.7. The molecule has 9 nitrogen and oxygen atoms in total. The maximum atomic E-state index is 13.1. The third-order valence-corrected chi connectivity index (χ3v) is 8.19. The Bertz CT molecular complexity index is 1150. The van der Waals surface area contributed by atoms with Gasteiger partial charge < -0.3 is 19.7 Å². The largest absolute Gasteiger partial charge is 0.492 e. The average Bonchev–Trinajstić information content (AvgIpc) is 2.82. The molecule has 1 fully saturated rings. The van der Waals surface area contributed by atoms with Crippen LogP contribution in [0, 0.1) is 0 Å². The fourth-order valence-corrected chi connectivity index (χ4v) is 5.98. The number of amides is 2. The quantitative estimate of drug-likeness (QED) is 0.633. The van der Waals surface area contributed by atoms with E-state index in [1.165, 1.54) is 27.0 Å². The highest BCUT2D eigenvalue weighted by Crippen LogP contribution is 2.37. The maximum Gasteiger partial charge on any atom is 0.244 e. The van der Waals surface area contributed by atoms with Gasteiger partial charge in [0.05, 0.1) is 41.8 Å². The van der Waals surface area contributed by atoms with Crippen LogP contribution in [0.2, 0.25) is 0 Å². The summed E-state index contributed by atoms with van der Waals surface area (Å²) < 4.78 is 38.3. The first-order valence-corrected chi connectivity index (χ1v) is 13.0. The van der Waals surface area contributed by atoms with E-state index in [0.29, 0.717) is 36.9 Å². The topological polar surface area (TPSA) is 105 Å². The van der Waals surface area contributed by atoms with Gasteiger partial charge in [0.1, 0.15) is 12.3 Å². The molecule has 1 saturated heterocycles. The van der Waals surface area contributed by atoms with Crippen molar-refractivity contribution >= 4 is 45.0 Å². The molecule has 4 rings (SSSR count). The molecule has 0 saturated carbocycles. The zero-order valence-corrected chi connectivity index (χ0v) is 19.8. The summed E-state index contributed by atoms with van der Waals surface area (Å²) in [5.74, 6) is 0.0374. The standard InChI is InChI=1S/C22H25N3O6S2/c1-2-31-19-6-4-3-5-17(19)23-21(26)14-25-18-13-16(7-8-20(18)32-15-22(25)27)33(28,29)24-9-11-30-12-10-24/h3-8,13H,2,9-12,14-15H2,1H3,(H,23,26). The lowest BCUT2D eigenvalue weighted by Crippen LogP contribution is -2.42. The van der Waals surface area contributed by atoms with Gasteiger partial charge in [-0.3, -0.25) is 9.59 Å². The van der Waals surface area contributed by atoms with Crippen molar-refractivity contribution in [3.05, 3.63) is 42.5 Å². The van der Waals surface area contributed by atoms with Crippen LogP contribution in [0.25, 0.3) is 0 Å². The zero-order chi connectivity index (χ0) is 23.4. The van der Waals surface area contributed by atoms with Crippen molar-refractivity contribution in [3.8, 4) is 5.75 Å². The average molecular weight is 492 g/mol. The predicted molar refractivity (Wildman–Crippen MR) is 125 cm³/mol. The molecule has 0 bridgehead atoms. The van der Waals surface area contributed by atoms with Gasteiger partial charge in [0, 0.05) is 18.0 Å². The van der Waals surface area contributed by atoms with Crippen molar-refractivity contribution in [2.24, 2.45) is 0 Å². The van der Waals surface area contributed by atoms with E-state index in [-0.39, 0.29) is 36.2 Å². The molecule has 2 aliphatic rings. The highest BCUT2D eigenvalue weighted by molar-refractivity contribution is 8.00. The number of rotatable bonds is 7. The normalized spacial score (nSPS) is 16.9. The third-order valence-electron chi connectivity index (χ3n) is 5.24. The molecule has 2 aromatic carbocycles. The number of ether oxygens (including phenoxy) is 2. The molecule has 0 radical (unpaired) electrons. The summed E-state index contributed by atoms with van der Waals surface area (Å²) in [5.41, 5.74) is 0.922. The molecule has 11 heteroatoms. The van der Waals surface area contributed by atoms with Crippen molar-refractivity contribution < 1.29 is 27.5 Å². The third kappa shape index (κ3) is 5.16. The Kier molecular flexibility index (Phi) is 7.23. The number of hydrogen-bond donors (Lipinski definition) is 1. The maximum absolute atomic E-state index is 13.1. The van der Waals surface area contributed by atoms with E-state index in [2.05, 4.69) is 5.32 Å². The summed E-state index contributed by atoms with van der Waals surface area (Å²) in [6, 6.07) is 11.8. The molecule has 0 unspecified atom stereocenters. The zero-order valence-electron chi connectivity index (χ0n) is 18.2. The minimum atomic E-state index is -3.74. The highest BCUT2D eigenvalue weighted by atomic mass is 32.2. The number of sulfonamides is 1. The molecular weight excluding hydrogens is 466 g/mol. The molecule has 2 amide bonds. The summed E-state index contributed by atoms with van der Waals surface area (Å²) in [5, 5.41) is 2.79. The van der Waals surface area contributed by atoms with Crippen LogP contribution >= 0.6 is 11.8 Å². The highest BCUT2D eigenvalue weighted by Gasteiger charge is 2.31. The van der Waals surface area contributed by atoms with Crippen LogP contribution < -0.4 is 15.0 Å². The molecule has 2 aromatic rings. The van der Waals surface area contributed by atoms with Gasteiger partial charge in [-0.15, -0.1) is 11.8 Å². The Morgan fingerprint density at radius 3 is 2.70 bits per heavy atom. The fourth-order valence-electron chi connectivity index (χ4n) is 3.64. The van der Waals surface area contributed by atoms with E-state index < -0.39 is 15.9 Å². The van der Waals surface area contributed by atoms with Gasteiger partial charge in [0.15, 0.2) is 0 Å². The second kappa shape index (κ2) is 10.1. The van der Waals surface area contributed by atoms with Crippen LogP contribution in [-0.2, 0) is 24.3 Å². The van der Waals surface area contributed by atoms with Crippen LogP contribution in [0.4, 0.5) is 11.4 Å². The van der Waals surface area contributed by atoms with Crippen LogP contribution in [0.15, 0.2) is 52.3 Å². The molecular formula is C22H25N3O6S2. The minimum Gasteiger partial charge on any atom is -0.492 e. The van der Waals surface area contributed by atoms with Crippen LogP contribution in [0.3, 0.4) is 0 Å². The second-order valence-corrected chi connectivity index (χ2v) is 10.3. The fraction of sp³-hybridized carbons (Fsp3) is 0.364. The van der Waals surface area contributed by atoms with E-state index >= 15 is 0 Å². The van der Waals surface area contributed by atoms with Crippen molar-refractivity contribution in [1.29, 1.82) is 0 Å². The molecule has 1 N–H and O–H groups in total. The van der Waals surface area contributed by atoms with Crippen molar-refractivity contribution in [2.45, 2.75) is 16.7 Å².